The quantitative estimate of drug-likeness (QED) is 0.721. The molecule has 0 aromatic carbocycles. The van der Waals surface area contributed by atoms with Gasteiger partial charge in [-0.3, -0.25) is 0 Å². The zero-order valence-electron chi connectivity index (χ0n) is 17.0. The average Bonchev–Trinajstić information content (AvgIpc) is 2.38. The molecular formula is C18H36N6. The standard InChI is InChI=1S/C18H36N6/c1-16(2,3)10-19-13-22-14(20-11-17(4,5)6)24-15(23-13)21-12-18(7,8)9/h10-12H2,1-9H3,(H3,19,20,21,22,23,24). The molecule has 0 amide bonds. The molecule has 138 valence electrons. The summed E-state index contributed by atoms with van der Waals surface area (Å²) in [6.07, 6.45) is 0. The summed E-state index contributed by atoms with van der Waals surface area (Å²) in [7, 11) is 0. The molecule has 0 aliphatic rings. The van der Waals surface area contributed by atoms with Crippen molar-refractivity contribution in [3.8, 4) is 0 Å². The molecule has 1 aromatic rings. The number of nitrogens with zero attached hydrogens (tertiary/aromatic N) is 3. The highest BCUT2D eigenvalue weighted by Crippen LogP contribution is 2.19. The van der Waals surface area contributed by atoms with E-state index in [1.807, 2.05) is 0 Å². The van der Waals surface area contributed by atoms with Crippen LogP contribution in [0.25, 0.3) is 0 Å². The lowest BCUT2D eigenvalue weighted by molar-refractivity contribution is 0.439. The summed E-state index contributed by atoms with van der Waals surface area (Å²) < 4.78 is 0. The fraction of sp³-hybridized carbons (Fsp3) is 0.833. The predicted octanol–water partition coefficient (Wildman–Crippen LogP) is 4.25. The largest absolute Gasteiger partial charge is 0.353 e. The third kappa shape index (κ3) is 9.53. The van der Waals surface area contributed by atoms with Crippen molar-refractivity contribution >= 4 is 17.8 Å². The molecule has 6 heteroatoms. The van der Waals surface area contributed by atoms with Crippen LogP contribution in [0.4, 0.5) is 17.8 Å². The maximum atomic E-state index is 4.50. The van der Waals surface area contributed by atoms with Gasteiger partial charge in [-0.25, -0.2) is 0 Å². The maximum Gasteiger partial charge on any atom is 0.229 e. The van der Waals surface area contributed by atoms with E-state index in [1.165, 1.54) is 0 Å². The molecule has 6 nitrogen and oxygen atoms in total. The Balaban J connectivity index is 2.91. The van der Waals surface area contributed by atoms with E-state index in [0.29, 0.717) is 17.8 Å². The molecular weight excluding hydrogens is 300 g/mol. The lowest BCUT2D eigenvalue weighted by atomic mass is 9.97. The summed E-state index contributed by atoms with van der Waals surface area (Å²) in [4.78, 5) is 13.5. The van der Waals surface area contributed by atoms with Crippen LogP contribution in [0.2, 0.25) is 0 Å². The van der Waals surface area contributed by atoms with Gasteiger partial charge in [0.25, 0.3) is 0 Å². The van der Waals surface area contributed by atoms with E-state index in [1.54, 1.807) is 0 Å². The van der Waals surface area contributed by atoms with Crippen molar-refractivity contribution in [1.29, 1.82) is 0 Å². The van der Waals surface area contributed by atoms with Crippen molar-refractivity contribution < 1.29 is 0 Å². The number of aromatic nitrogens is 3. The number of anilines is 3. The molecule has 0 radical (unpaired) electrons. The molecule has 0 unspecified atom stereocenters. The number of hydrogen-bond donors (Lipinski definition) is 3. The predicted molar refractivity (Wildman–Crippen MR) is 104 cm³/mol. The van der Waals surface area contributed by atoms with E-state index in [2.05, 4.69) is 93.2 Å². The van der Waals surface area contributed by atoms with Gasteiger partial charge >= 0.3 is 0 Å². The Kier molecular flexibility index (Phi) is 6.42. The minimum atomic E-state index is 0.157. The zero-order valence-corrected chi connectivity index (χ0v) is 17.0. The molecule has 0 saturated carbocycles. The fourth-order valence-electron chi connectivity index (χ4n) is 1.65. The van der Waals surface area contributed by atoms with Crippen LogP contribution in [0.15, 0.2) is 0 Å². The molecule has 0 bridgehead atoms. The molecule has 0 saturated heterocycles. The van der Waals surface area contributed by atoms with Crippen LogP contribution < -0.4 is 16.0 Å². The van der Waals surface area contributed by atoms with Crippen LogP contribution in [0, 0.1) is 16.2 Å². The van der Waals surface area contributed by atoms with Gasteiger partial charge < -0.3 is 16.0 Å². The second-order valence-corrected chi connectivity index (χ2v) is 10.0. The second kappa shape index (κ2) is 7.53. The molecule has 0 spiro atoms. The smallest absolute Gasteiger partial charge is 0.229 e. The fourth-order valence-corrected chi connectivity index (χ4v) is 1.65. The third-order valence-corrected chi connectivity index (χ3v) is 2.97. The van der Waals surface area contributed by atoms with Gasteiger partial charge in [0.15, 0.2) is 0 Å². The molecule has 1 aromatic heterocycles. The van der Waals surface area contributed by atoms with Gasteiger partial charge in [-0.05, 0) is 16.2 Å². The third-order valence-electron chi connectivity index (χ3n) is 2.97. The van der Waals surface area contributed by atoms with Gasteiger partial charge in [0.2, 0.25) is 17.8 Å². The molecule has 1 heterocycles. The van der Waals surface area contributed by atoms with E-state index in [0.717, 1.165) is 19.6 Å². The van der Waals surface area contributed by atoms with E-state index < -0.39 is 0 Å². The van der Waals surface area contributed by atoms with Gasteiger partial charge in [-0.15, -0.1) is 0 Å². The molecule has 0 aliphatic heterocycles. The van der Waals surface area contributed by atoms with Crippen molar-refractivity contribution in [2.75, 3.05) is 35.6 Å². The highest BCUT2D eigenvalue weighted by Gasteiger charge is 2.16. The zero-order chi connectivity index (χ0) is 18.6. The topological polar surface area (TPSA) is 74.8 Å². The summed E-state index contributed by atoms with van der Waals surface area (Å²) in [6.45, 7) is 22.0. The van der Waals surface area contributed by atoms with Gasteiger partial charge in [0, 0.05) is 19.6 Å². The van der Waals surface area contributed by atoms with Gasteiger partial charge in [0.05, 0.1) is 0 Å². The van der Waals surface area contributed by atoms with E-state index in [4.69, 9.17) is 0 Å². The normalized spacial score (nSPS) is 12.9. The van der Waals surface area contributed by atoms with Crippen LogP contribution >= 0.6 is 0 Å². The van der Waals surface area contributed by atoms with Crippen molar-refractivity contribution in [3.05, 3.63) is 0 Å². The van der Waals surface area contributed by atoms with Crippen LogP contribution in [0.5, 0.6) is 0 Å². The number of nitrogens with one attached hydrogen (secondary N) is 3. The monoisotopic (exact) mass is 336 g/mol. The van der Waals surface area contributed by atoms with Crippen molar-refractivity contribution in [3.63, 3.8) is 0 Å². The number of rotatable bonds is 6. The van der Waals surface area contributed by atoms with E-state index >= 15 is 0 Å². The van der Waals surface area contributed by atoms with Crippen LogP contribution in [0.3, 0.4) is 0 Å². The summed E-state index contributed by atoms with van der Waals surface area (Å²) >= 11 is 0. The summed E-state index contributed by atoms with van der Waals surface area (Å²) in [5, 5.41) is 9.95. The van der Waals surface area contributed by atoms with Crippen molar-refractivity contribution in [1.82, 2.24) is 15.0 Å². The Morgan fingerprint density at radius 3 is 0.875 bits per heavy atom. The van der Waals surface area contributed by atoms with Gasteiger partial charge in [-0.1, -0.05) is 62.3 Å². The lowest BCUT2D eigenvalue weighted by Gasteiger charge is -2.22. The molecule has 24 heavy (non-hydrogen) atoms. The first-order valence-corrected chi connectivity index (χ1v) is 8.71. The lowest BCUT2D eigenvalue weighted by Crippen LogP contribution is -2.24. The molecule has 3 N–H and O–H groups in total. The SMILES string of the molecule is CC(C)(C)CNc1nc(NCC(C)(C)C)nc(NCC(C)(C)C)n1. The minimum absolute atomic E-state index is 0.157. The molecule has 0 atom stereocenters. The Morgan fingerprint density at radius 1 is 0.500 bits per heavy atom. The van der Waals surface area contributed by atoms with Crippen molar-refractivity contribution in [2.45, 2.75) is 62.3 Å². The Morgan fingerprint density at radius 2 is 0.708 bits per heavy atom. The van der Waals surface area contributed by atoms with E-state index in [-0.39, 0.29) is 16.2 Å². The minimum Gasteiger partial charge on any atom is -0.353 e. The highest BCUT2D eigenvalue weighted by atomic mass is 15.3. The summed E-state index contributed by atoms with van der Waals surface area (Å²) in [6, 6.07) is 0. The molecule has 0 aliphatic carbocycles. The Bertz CT molecular complexity index is 431. The highest BCUT2D eigenvalue weighted by molar-refractivity contribution is 5.42. The van der Waals surface area contributed by atoms with E-state index in [9.17, 15) is 0 Å². The number of hydrogen-bond acceptors (Lipinski definition) is 6. The van der Waals surface area contributed by atoms with Gasteiger partial charge in [0.1, 0.15) is 0 Å². The van der Waals surface area contributed by atoms with Crippen molar-refractivity contribution in [2.24, 2.45) is 16.2 Å². The van der Waals surface area contributed by atoms with Crippen LogP contribution in [-0.2, 0) is 0 Å². The van der Waals surface area contributed by atoms with Gasteiger partial charge in [-0.2, -0.15) is 15.0 Å². The average molecular weight is 337 g/mol. The first-order chi connectivity index (χ1) is 10.7. The first-order valence-electron chi connectivity index (χ1n) is 8.71. The first kappa shape index (κ1) is 20.5. The second-order valence-electron chi connectivity index (χ2n) is 10.0. The van der Waals surface area contributed by atoms with Crippen LogP contribution in [-0.4, -0.2) is 34.6 Å². The molecule has 1 rings (SSSR count). The molecule has 0 fully saturated rings. The Hall–Kier alpha value is -1.59. The maximum absolute atomic E-state index is 4.50. The van der Waals surface area contributed by atoms with Crippen LogP contribution in [0.1, 0.15) is 62.3 Å². The Labute approximate surface area is 147 Å². The summed E-state index contributed by atoms with van der Waals surface area (Å²) in [5.41, 5.74) is 0.472. The summed E-state index contributed by atoms with van der Waals surface area (Å²) in [5.74, 6) is 1.81.